The number of benzene rings is 1. The molecule has 0 aliphatic carbocycles. The molecule has 0 atom stereocenters. The smallest absolute Gasteiger partial charge is 0.182 e. The normalized spacial score (nSPS) is 10.6. The maximum absolute atomic E-state index is 4.57. The molecule has 0 radical (unpaired) electrons. The molecule has 0 aliphatic rings. The summed E-state index contributed by atoms with van der Waals surface area (Å²) in [5, 5.41) is 10.3. The van der Waals surface area contributed by atoms with Crippen LogP contribution in [0.25, 0.3) is 22.4 Å². The van der Waals surface area contributed by atoms with Gasteiger partial charge in [-0.25, -0.2) is 4.98 Å². The summed E-state index contributed by atoms with van der Waals surface area (Å²) >= 11 is 1.61. The van der Waals surface area contributed by atoms with E-state index in [0.717, 1.165) is 27.5 Å². The van der Waals surface area contributed by atoms with E-state index in [1.807, 2.05) is 43.3 Å². The number of hydrogen-bond acceptors (Lipinski definition) is 4. The summed E-state index contributed by atoms with van der Waals surface area (Å²) in [5.74, 6) is 0. The summed E-state index contributed by atoms with van der Waals surface area (Å²) in [6.45, 7) is 0. The van der Waals surface area contributed by atoms with E-state index in [1.54, 1.807) is 11.3 Å². The summed E-state index contributed by atoms with van der Waals surface area (Å²) in [7, 11) is 3.81. The zero-order chi connectivity index (χ0) is 13.2. The van der Waals surface area contributed by atoms with Gasteiger partial charge in [0.15, 0.2) is 5.13 Å². The van der Waals surface area contributed by atoms with Crippen molar-refractivity contribution in [1.29, 1.82) is 0 Å². The van der Waals surface area contributed by atoms with E-state index in [1.165, 1.54) is 0 Å². The third-order valence-corrected chi connectivity index (χ3v) is 3.80. The molecule has 0 bridgehead atoms. The molecular formula is C14H14N4S. The first-order chi connectivity index (χ1) is 9.28. The molecule has 2 heterocycles. The highest BCUT2D eigenvalue weighted by atomic mass is 32.1. The molecular weight excluding hydrogens is 256 g/mol. The number of rotatable bonds is 3. The lowest BCUT2D eigenvalue weighted by Crippen LogP contribution is -1.88. The minimum atomic E-state index is 0.927. The van der Waals surface area contributed by atoms with Crippen molar-refractivity contribution in [2.75, 3.05) is 12.4 Å². The molecule has 5 heteroatoms. The molecule has 4 nitrogen and oxygen atoms in total. The van der Waals surface area contributed by atoms with Crippen molar-refractivity contribution in [3.63, 3.8) is 0 Å². The second kappa shape index (κ2) is 4.85. The van der Waals surface area contributed by atoms with Crippen LogP contribution >= 0.6 is 11.3 Å². The Kier molecular flexibility index (Phi) is 3.05. The average molecular weight is 270 g/mol. The number of aryl methyl sites for hydroxylation is 1. The first-order valence-corrected chi connectivity index (χ1v) is 6.87. The molecule has 1 N–H and O–H groups in total. The standard InChI is InChI=1S/C14H14N4S/c1-15-14-17-13(9-19-14)12-6-4-3-5-11(12)10-7-16-18(2)8-10/h3-9H,1-2H3,(H,15,17). The quantitative estimate of drug-likeness (QED) is 0.794. The van der Waals surface area contributed by atoms with Gasteiger partial charge in [0.2, 0.25) is 0 Å². The van der Waals surface area contributed by atoms with Crippen LogP contribution in [0.15, 0.2) is 42.0 Å². The predicted molar refractivity (Wildman–Crippen MR) is 79.3 cm³/mol. The van der Waals surface area contributed by atoms with Gasteiger partial charge in [0.25, 0.3) is 0 Å². The lowest BCUT2D eigenvalue weighted by Gasteiger charge is -2.04. The molecule has 1 aromatic carbocycles. The van der Waals surface area contributed by atoms with Crippen LogP contribution in [0.3, 0.4) is 0 Å². The van der Waals surface area contributed by atoms with Crippen molar-refractivity contribution in [2.24, 2.45) is 7.05 Å². The molecule has 0 saturated carbocycles. The predicted octanol–water partition coefficient (Wildman–Crippen LogP) is 3.25. The molecule has 0 saturated heterocycles. The molecule has 0 spiro atoms. The number of aromatic nitrogens is 3. The zero-order valence-electron chi connectivity index (χ0n) is 10.8. The van der Waals surface area contributed by atoms with E-state index in [0.29, 0.717) is 0 Å². The molecule has 0 fully saturated rings. The van der Waals surface area contributed by atoms with Gasteiger partial charge >= 0.3 is 0 Å². The fourth-order valence-corrected chi connectivity index (χ4v) is 2.70. The fraction of sp³-hybridized carbons (Fsp3) is 0.143. The van der Waals surface area contributed by atoms with Crippen molar-refractivity contribution in [3.8, 4) is 22.4 Å². The van der Waals surface area contributed by atoms with Gasteiger partial charge < -0.3 is 5.32 Å². The lowest BCUT2D eigenvalue weighted by molar-refractivity contribution is 0.768. The van der Waals surface area contributed by atoms with Crippen molar-refractivity contribution >= 4 is 16.5 Å². The summed E-state index contributed by atoms with van der Waals surface area (Å²) in [6, 6.07) is 8.27. The number of nitrogens with zero attached hydrogens (tertiary/aromatic N) is 3. The Bertz CT molecular complexity index is 699. The first kappa shape index (κ1) is 11.9. The minimum absolute atomic E-state index is 0.927. The maximum Gasteiger partial charge on any atom is 0.182 e. The zero-order valence-corrected chi connectivity index (χ0v) is 11.6. The van der Waals surface area contributed by atoms with Gasteiger partial charge in [-0.3, -0.25) is 4.68 Å². The van der Waals surface area contributed by atoms with Crippen molar-refractivity contribution < 1.29 is 0 Å². The van der Waals surface area contributed by atoms with Gasteiger partial charge in [-0.1, -0.05) is 24.3 Å². The summed E-state index contributed by atoms with van der Waals surface area (Å²) < 4.78 is 1.81. The van der Waals surface area contributed by atoms with Gasteiger partial charge in [-0.05, 0) is 5.56 Å². The number of nitrogens with one attached hydrogen (secondary N) is 1. The molecule has 0 amide bonds. The number of thiazole rings is 1. The third-order valence-electron chi connectivity index (χ3n) is 2.94. The number of anilines is 1. The van der Waals surface area contributed by atoms with E-state index in [4.69, 9.17) is 0 Å². The van der Waals surface area contributed by atoms with Crippen LogP contribution in [0.5, 0.6) is 0 Å². The maximum atomic E-state index is 4.57. The Morgan fingerprint density at radius 3 is 2.63 bits per heavy atom. The lowest BCUT2D eigenvalue weighted by atomic mass is 10.0. The van der Waals surface area contributed by atoms with E-state index in [9.17, 15) is 0 Å². The Balaban J connectivity index is 2.11. The van der Waals surface area contributed by atoms with Crippen LogP contribution in [0.4, 0.5) is 5.13 Å². The van der Waals surface area contributed by atoms with Crippen LogP contribution < -0.4 is 5.32 Å². The second-order valence-corrected chi connectivity index (χ2v) is 5.09. The Hall–Kier alpha value is -2.14. The third kappa shape index (κ3) is 2.24. The summed E-state index contributed by atoms with van der Waals surface area (Å²) in [5.41, 5.74) is 4.39. The first-order valence-electron chi connectivity index (χ1n) is 5.99. The topological polar surface area (TPSA) is 42.7 Å². The molecule has 2 aromatic heterocycles. The summed E-state index contributed by atoms with van der Waals surface area (Å²) in [6.07, 6.45) is 3.90. The molecule has 3 aromatic rings. The van der Waals surface area contributed by atoms with Gasteiger partial charge in [0.1, 0.15) is 0 Å². The van der Waals surface area contributed by atoms with Gasteiger partial charge in [-0.2, -0.15) is 5.10 Å². The monoisotopic (exact) mass is 270 g/mol. The summed E-state index contributed by atoms with van der Waals surface area (Å²) in [4.78, 5) is 4.57. The van der Waals surface area contributed by atoms with Crippen LogP contribution in [-0.2, 0) is 7.05 Å². The fourth-order valence-electron chi connectivity index (χ4n) is 2.03. The minimum Gasteiger partial charge on any atom is -0.365 e. The highest BCUT2D eigenvalue weighted by Gasteiger charge is 2.11. The van der Waals surface area contributed by atoms with E-state index >= 15 is 0 Å². The molecule has 0 unspecified atom stereocenters. The number of hydrogen-bond donors (Lipinski definition) is 1. The van der Waals surface area contributed by atoms with Crippen LogP contribution in [0, 0.1) is 0 Å². The van der Waals surface area contributed by atoms with Gasteiger partial charge in [0, 0.05) is 36.8 Å². The van der Waals surface area contributed by atoms with E-state index in [2.05, 4.69) is 32.9 Å². The Morgan fingerprint density at radius 1 is 1.21 bits per heavy atom. The molecule has 19 heavy (non-hydrogen) atoms. The largest absolute Gasteiger partial charge is 0.365 e. The average Bonchev–Trinajstić information content (AvgIpc) is 3.07. The highest BCUT2D eigenvalue weighted by Crippen LogP contribution is 2.33. The van der Waals surface area contributed by atoms with E-state index in [-0.39, 0.29) is 0 Å². The Morgan fingerprint density at radius 2 is 2.00 bits per heavy atom. The van der Waals surface area contributed by atoms with Crippen LogP contribution in [0.2, 0.25) is 0 Å². The van der Waals surface area contributed by atoms with Crippen molar-refractivity contribution in [2.45, 2.75) is 0 Å². The highest BCUT2D eigenvalue weighted by molar-refractivity contribution is 7.14. The van der Waals surface area contributed by atoms with Crippen molar-refractivity contribution in [1.82, 2.24) is 14.8 Å². The van der Waals surface area contributed by atoms with Crippen LogP contribution in [-0.4, -0.2) is 21.8 Å². The molecule has 96 valence electrons. The van der Waals surface area contributed by atoms with Crippen LogP contribution in [0.1, 0.15) is 0 Å². The SMILES string of the molecule is CNc1nc(-c2ccccc2-c2cnn(C)c2)cs1. The molecule has 3 rings (SSSR count). The van der Waals surface area contributed by atoms with Gasteiger partial charge in [0.05, 0.1) is 11.9 Å². The van der Waals surface area contributed by atoms with E-state index < -0.39 is 0 Å². The van der Waals surface area contributed by atoms with Crippen molar-refractivity contribution in [3.05, 3.63) is 42.0 Å². The van der Waals surface area contributed by atoms with Gasteiger partial charge in [-0.15, -0.1) is 11.3 Å². The second-order valence-electron chi connectivity index (χ2n) is 4.24. The molecule has 0 aliphatic heterocycles. The Labute approximate surface area is 115 Å².